The zero-order chi connectivity index (χ0) is 24.5. The standard InChI is InChI=1S/C26H25N9O/c1-18-23(30-31-26-29-24(32-35(18)26)19-6-4-3-5-7-19)22-12-13-27-25(28-22)34-16-14-33(15-17-34)20-8-10-21(36-2)11-9-20/h3-13H,14-17H2,1-2H3. The molecule has 1 fully saturated rings. The average molecular weight is 480 g/mol. The zero-order valence-corrected chi connectivity index (χ0v) is 20.1. The quantitative estimate of drug-likeness (QED) is 0.376. The van der Waals surface area contributed by atoms with Crippen LogP contribution in [0.25, 0.3) is 28.6 Å². The van der Waals surface area contributed by atoms with E-state index in [1.807, 2.05) is 55.5 Å². The molecule has 0 atom stereocenters. The van der Waals surface area contributed by atoms with Gasteiger partial charge in [0.1, 0.15) is 11.4 Å². The second-order valence-corrected chi connectivity index (χ2v) is 8.56. The van der Waals surface area contributed by atoms with Crippen molar-refractivity contribution in [2.24, 2.45) is 0 Å². The van der Waals surface area contributed by atoms with Crippen molar-refractivity contribution in [1.82, 2.24) is 34.8 Å². The van der Waals surface area contributed by atoms with Gasteiger partial charge in [0.15, 0.2) is 5.82 Å². The number of rotatable bonds is 5. The van der Waals surface area contributed by atoms with Crippen molar-refractivity contribution in [3.05, 3.63) is 72.6 Å². The van der Waals surface area contributed by atoms with Crippen LogP contribution in [-0.2, 0) is 0 Å². The van der Waals surface area contributed by atoms with Crippen LogP contribution in [0.3, 0.4) is 0 Å². The van der Waals surface area contributed by atoms with Crippen LogP contribution in [0.4, 0.5) is 11.6 Å². The molecule has 4 heterocycles. The Kier molecular flexibility index (Phi) is 5.61. The van der Waals surface area contributed by atoms with Crippen LogP contribution in [0.15, 0.2) is 66.9 Å². The summed E-state index contributed by atoms with van der Waals surface area (Å²) in [5.74, 6) is 2.62. The minimum Gasteiger partial charge on any atom is -0.497 e. The van der Waals surface area contributed by atoms with Gasteiger partial charge in [-0.3, -0.25) is 0 Å². The van der Waals surface area contributed by atoms with Crippen LogP contribution >= 0.6 is 0 Å². The maximum Gasteiger partial charge on any atom is 0.272 e. The topological polar surface area (TPSA) is 97.5 Å². The number of piperazine rings is 1. The first kappa shape index (κ1) is 21.9. The molecular formula is C26H25N9O. The molecule has 36 heavy (non-hydrogen) atoms. The first-order chi connectivity index (χ1) is 17.7. The molecule has 5 aromatic rings. The monoisotopic (exact) mass is 479 g/mol. The minimum atomic E-state index is 0.457. The van der Waals surface area contributed by atoms with Gasteiger partial charge in [0.05, 0.1) is 18.5 Å². The molecule has 0 bridgehead atoms. The number of hydrogen-bond acceptors (Lipinski definition) is 9. The van der Waals surface area contributed by atoms with E-state index in [0.29, 0.717) is 28.9 Å². The van der Waals surface area contributed by atoms with Crippen LogP contribution in [0.2, 0.25) is 0 Å². The summed E-state index contributed by atoms with van der Waals surface area (Å²) >= 11 is 0. The second-order valence-electron chi connectivity index (χ2n) is 8.56. The molecule has 0 unspecified atom stereocenters. The smallest absolute Gasteiger partial charge is 0.272 e. The average Bonchev–Trinajstić information content (AvgIpc) is 3.40. The highest BCUT2D eigenvalue weighted by atomic mass is 16.5. The van der Waals surface area contributed by atoms with Crippen LogP contribution in [0.5, 0.6) is 5.75 Å². The predicted molar refractivity (Wildman–Crippen MR) is 137 cm³/mol. The third-order valence-electron chi connectivity index (χ3n) is 6.41. The Bertz CT molecular complexity index is 1490. The predicted octanol–water partition coefficient (Wildman–Crippen LogP) is 3.29. The van der Waals surface area contributed by atoms with Gasteiger partial charge in [-0.2, -0.15) is 9.50 Å². The molecule has 0 amide bonds. The fraction of sp³-hybridized carbons (Fsp3) is 0.231. The molecule has 1 aliphatic heterocycles. The molecule has 10 heteroatoms. The van der Waals surface area contributed by atoms with Gasteiger partial charge in [-0.15, -0.1) is 15.3 Å². The van der Waals surface area contributed by atoms with Crippen molar-refractivity contribution in [3.63, 3.8) is 0 Å². The van der Waals surface area contributed by atoms with Crippen LogP contribution in [-0.4, -0.2) is 68.1 Å². The second kappa shape index (κ2) is 9.21. The van der Waals surface area contributed by atoms with E-state index in [1.54, 1.807) is 17.8 Å². The number of nitrogens with zero attached hydrogens (tertiary/aromatic N) is 9. The van der Waals surface area contributed by atoms with Gasteiger partial charge in [0, 0.05) is 43.6 Å². The molecule has 0 aliphatic carbocycles. The van der Waals surface area contributed by atoms with Gasteiger partial charge in [-0.25, -0.2) is 9.97 Å². The van der Waals surface area contributed by atoms with E-state index >= 15 is 0 Å². The van der Waals surface area contributed by atoms with Gasteiger partial charge in [0.25, 0.3) is 5.78 Å². The van der Waals surface area contributed by atoms with E-state index in [9.17, 15) is 0 Å². The highest BCUT2D eigenvalue weighted by Gasteiger charge is 2.21. The normalized spacial score (nSPS) is 13.8. The Labute approximate surface area is 208 Å². The Hall–Kier alpha value is -4.60. The molecule has 0 N–H and O–H groups in total. The number of fused-ring (bicyclic) bond motifs is 1. The summed E-state index contributed by atoms with van der Waals surface area (Å²) in [6, 6.07) is 19.9. The van der Waals surface area contributed by atoms with Crippen LogP contribution in [0, 0.1) is 6.92 Å². The van der Waals surface area contributed by atoms with Crippen molar-refractivity contribution >= 4 is 17.4 Å². The Morgan fingerprint density at radius 2 is 1.56 bits per heavy atom. The molecule has 10 nitrogen and oxygen atoms in total. The molecule has 180 valence electrons. The van der Waals surface area contributed by atoms with Gasteiger partial charge in [0.2, 0.25) is 5.95 Å². The largest absolute Gasteiger partial charge is 0.497 e. The maximum absolute atomic E-state index is 5.27. The number of anilines is 2. The highest BCUT2D eigenvalue weighted by molar-refractivity contribution is 5.61. The van der Waals surface area contributed by atoms with Crippen molar-refractivity contribution in [3.8, 4) is 28.5 Å². The molecule has 1 saturated heterocycles. The van der Waals surface area contributed by atoms with E-state index < -0.39 is 0 Å². The summed E-state index contributed by atoms with van der Waals surface area (Å²) in [4.78, 5) is 18.5. The molecule has 6 rings (SSSR count). The molecular weight excluding hydrogens is 454 g/mol. The molecule has 0 saturated carbocycles. The van der Waals surface area contributed by atoms with Gasteiger partial charge >= 0.3 is 0 Å². The summed E-state index contributed by atoms with van der Waals surface area (Å²) < 4.78 is 6.99. The van der Waals surface area contributed by atoms with Crippen LogP contribution < -0.4 is 14.5 Å². The first-order valence-electron chi connectivity index (χ1n) is 11.8. The lowest BCUT2D eigenvalue weighted by atomic mass is 10.2. The lowest BCUT2D eigenvalue weighted by Crippen LogP contribution is -2.47. The van der Waals surface area contributed by atoms with Crippen molar-refractivity contribution in [2.45, 2.75) is 6.92 Å². The first-order valence-corrected chi connectivity index (χ1v) is 11.8. The molecule has 2 aromatic carbocycles. The summed E-state index contributed by atoms with van der Waals surface area (Å²) in [5.41, 5.74) is 4.31. The van der Waals surface area contributed by atoms with Crippen LogP contribution in [0.1, 0.15) is 5.69 Å². The Balaban J connectivity index is 1.23. The number of methoxy groups -OCH3 is 1. The number of ether oxygens (including phenoxy) is 1. The fourth-order valence-corrected chi connectivity index (χ4v) is 4.40. The Morgan fingerprint density at radius 3 is 2.31 bits per heavy atom. The van der Waals surface area contributed by atoms with Gasteiger partial charge in [-0.1, -0.05) is 30.3 Å². The third kappa shape index (κ3) is 4.06. The SMILES string of the molecule is COc1ccc(N2CCN(c3nccc(-c4nnc5nc(-c6ccccc6)nn5c4C)n3)CC2)cc1. The lowest BCUT2D eigenvalue weighted by molar-refractivity contribution is 0.415. The van der Waals surface area contributed by atoms with Gasteiger partial charge in [-0.05, 0) is 37.3 Å². The number of hydrogen-bond donors (Lipinski definition) is 0. The summed E-state index contributed by atoms with van der Waals surface area (Å²) in [6.45, 7) is 5.36. The summed E-state index contributed by atoms with van der Waals surface area (Å²) in [6.07, 6.45) is 1.77. The summed E-state index contributed by atoms with van der Waals surface area (Å²) in [7, 11) is 1.68. The van der Waals surface area contributed by atoms with Crippen molar-refractivity contribution in [2.75, 3.05) is 43.1 Å². The third-order valence-corrected chi connectivity index (χ3v) is 6.41. The summed E-state index contributed by atoms with van der Waals surface area (Å²) in [5, 5.41) is 13.4. The molecule has 0 spiro atoms. The Morgan fingerprint density at radius 1 is 0.806 bits per heavy atom. The fourth-order valence-electron chi connectivity index (χ4n) is 4.40. The molecule has 0 radical (unpaired) electrons. The van der Waals surface area contributed by atoms with Gasteiger partial charge < -0.3 is 14.5 Å². The zero-order valence-electron chi connectivity index (χ0n) is 20.1. The van der Waals surface area contributed by atoms with E-state index in [0.717, 1.165) is 43.2 Å². The number of benzene rings is 2. The van der Waals surface area contributed by atoms with E-state index in [2.05, 4.69) is 47.2 Å². The molecule has 3 aromatic heterocycles. The number of aryl methyl sites for hydroxylation is 1. The van der Waals surface area contributed by atoms with Crippen molar-refractivity contribution < 1.29 is 4.74 Å². The highest BCUT2D eigenvalue weighted by Crippen LogP contribution is 2.24. The van der Waals surface area contributed by atoms with E-state index in [1.165, 1.54) is 5.69 Å². The molecule has 1 aliphatic rings. The number of aromatic nitrogens is 7. The van der Waals surface area contributed by atoms with E-state index in [4.69, 9.17) is 9.72 Å². The van der Waals surface area contributed by atoms with E-state index in [-0.39, 0.29) is 0 Å². The lowest BCUT2D eigenvalue weighted by Gasteiger charge is -2.36. The van der Waals surface area contributed by atoms with Crippen molar-refractivity contribution in [1.29, 1.82) is 0 Å². The minimum absolute atomic E-state index is 0.457. The maximum atomic E-state index is 5.27.